The summed E-state index contributed by atoms with van der Waals surface area (Å²) in [5, 5.41) is 11.0. The van der Waals surface area contributed by atoms with Crippen molar-refractivity contribution in [2.24, 2.45) is 0 Å². The molecule has 0 saturated carbocycles. The zero-order valence-corrected chi connectivity index (χ0v) is 19.0. The number of hydrogen-bond donors (Lipinski definition) is 0. The van der Waals surface area contributed by atoms with E-state index < -0.39 is 10.9 Å². The maximum absolute atomic E-state index is 12.9. The number of esters is 1. The minimum absolute atomic E-state index is 0.150. The highest BCUT2D eigenvalue weighted by Gasteiger charge is 2.16. The van der Waals surface area contributed by atoms with Crippen LogP contribution in [0.15, 0.2) is 59.7 Å². The molecule has 2 aromatic heterocycles. The predicted octanol–water partition coefficient (Wildman–Crippen LogP) is 3.79. The van der Waals surface area contributed by atoms with Gasteiger partial charge in [0.05, 0.1) is 31.0 Å². The first-order chi connectivity index (χ1) is 16.4. The third-order valence-corrected chi connectivity index (χ3v) is 6.20. The van der Waals surface area contributed by atoms with Crippen molar-refractivity contribution in [1.29, 1.82) is 0 Å². The Kier molecular flexibility index (Phi) is 6.55. The van der Waals surface area contributed by atoms with Crippen LogP contribution in [0.25, 0.3) is 20.7 Å². The fourth-order valence-corrected chi connectivity index (χ4v) is 4.35. The van der Waals surface area contributed by atoms with Gasteiger partial charge in [-0.05, 0) is 42.0 Å². The largest absolute Gasteiger partial charge is 0.497 e. The average molecular weight is 481 g/mol. The van der Waals surface area contributed by atoms with E-state index in [0.717, 1.165) is 16.2 Å². The Hall–Kier alpha value is -4.25. The molecule has 11 heteroatoms. The molecule has 4 rings (SSSR count). The van der Waals surface area contributed by atoms with Crippen molar-refractivity contribution >= 4 is 33.2 Å². The highest BCUT2D eigenvalue weighted by Crippen LogP contribution is 2.31. The molecule has 0 N–H and O–H groups in total. The van der Waals surface area contributed by atoms with E-state index in [1.165, 1.54) is 47.5 Å². The monoisotopic (exact) mass is 481 g/mol. The number of methoxy groups -OCH3 is 2. The summed E-state index contributed by atoms with van der Waals surface area (Å²) in [6.45, 7) is -0.594. The highest BCUT2D eigenvalue weighted by atomic mass is 32.1. The number of carbonyl (C=O) groups excluding carboxylic acids is 1. The molecule has 34 heavy (non-hydrogen) atoms. The van der Waals surface area contributed by atoms with Crippen LogP contribution in [0, 0.1) is 10.1 Å². The lowest BCUT2D eigenvalue weighted by Gasteiger charge is -2.10. The topological polar surface area (TPSA) is 123 Å². The molecule has 0 aliphatic carbocycles. The summed E-state index contributed by atoms with van der Waals surface area (Å²) in [7, 11) is 3.00. The fraction of sp³-hybridized carbons (Fsp3) is 0.174. The lowest BCUT2D eigenvalue weighted by Crippen LogP contribution is -2.25. The molecular formula is C23H19N3O7S. The molecule has 0 aliphatic heterocycles. The summed E-state index contributed by atoms with van der Waals surface area (Å²) in [6.07, 6.45) is 1.30. The van der Waals surface area contributed by atoms with Crippen molar-refractivity contribution in [3.05, 3.63) is 80.9 Å². The number of nitro benzene ring substituents is 1. The predicted molar refractivity (Wildman–Crippen MR) is 125 cm³/mol. The highest BCUT2D eigenvalue weighted by molar-refractivity contribution is 7.22. The molecule has 2 heterocycles. The maximum Gasteiger partial charge on any atom is 0.326 e. The zero-order valence-electron chi connectivity index (χ0n) is 18.2. The maximum atomic E-state index is 12.9. The number of nitro groups is 1. The van der Waals surface area contributed by atoms with E-state index in [1.807, 2.05) is 30.3 Å². The number of carbonyl (C=O) groups is 1. The van der Waals surface area contributed by atoms with Gasteiger partial charge in [0.2, 0.25) is 0 Å². The summed E-state index contributed by atoms with van der Waals surface area (Å²) < 4.78 is 17.2. The van der Waals surface area contributed by atoms with Crippen molar-refractivity contribution in [1.82, 2.24) is 9.55 Å². The first kappa shape index (κ1) is 22.9. The Morgan fingerprint density at radius 3 is 2.56 bits per heavy atom. The van der Waals surface area contributed by atoms with Gasteiger partial charge in [-0.25, -0.2) is 4.98 Å². The summed E-state index contributed by atoms with van der Waals surface area (Å²) in [6, 6.07) is 13.3. The number of hydrogen-bond acceptors (Lipinski definition) is 9. The minimum Gasteiger partial charge on any atom is -0.497 e. The molecule has 0 spiro atoms. The van der Waals surface area contributed by atoms with Crippen LogP contribution >= 0.6 is 11.3 Å². The van der Waals surface area contributed by atoms with Gasteiger partial charge in [0.25, 0.3) is 11.2 Å². The van der Waals surface area contributed by atoms with Gasteiger partial charge in [-0.15, -0.1) is 11.3 Å². The molecular weight excluding hydrogens is 462 g/mol. The third-order valence-electron chi connectivity index (χ3n) is 5.04. The van der Waals surface area contributed by atoms with Gasteiger partial charge < -0.3 is 14.2 Å². The normalized spacial score (nSPS) is 10.8. The van der Waals surface area contributed by atoms with Crippen LogP contribution in [0.3, 0.4) is 0 Å². The molecule has 0 unspecified atom stereocenters. The van der Waals surface area contributed by atoms with Crippen molar-refractivity contribution in [3.8, 4) is 21.9 Å². The Morgan fingerprint density at radius 1 is 1.12 bits per heavy atom. The van der Waals surface area contributed by atoms with E-state index in [9.17, 15) is 19.7 Å². The van der Waals surface area contributed by atoms with Crippen LogP contribution in [0.2, 0.25) is 0 Å². The molecule has 0 radical (unpaired) electrons. The number of rotatable bonds is 8. The van der Waals surface area contributed by atoms with Crippen molar-refractivity contribution in [2.45, 2.75) is 13.2 Å². The lowest BCUT2D eigenvalue weighted by molar-refractivity contribution is -0.385. The Morgan fingerprint density at radius 2 is 1.88 bits per heavy atom. The lowest BCUT2D eigenvalue weighted by atomic mass is 10.2. The minimum atomic E-state index is -0.691. The second kappa shape index (κ2) is 9.71. The number of nitrogens with zero attached hydrogens (tertiary/aromatic N) is 3. The summed E-state index contributed by atoms with van der Waals surface area (Å²) in [5.41, 5.74) is 1.28. The van der Waals surface area contributed by atoms with E-state index in [1.54, 1.807) is 7.11 Å². The SMILES string of the molecule is COc1ccc(-c2cc3ncn(CC(=O)OCc4cc([N+](=O)[O-])ccc4OC)c(=O)c3s2)cc1. The zero-order chi connectivity index (χ0) is 24.2. The first-order valence-electron chi connectivity index (χ1n) is 10.00. The van der Waals surface area contributed by atoms with Gasteiger partial charge in [-0.1, -0.05) is 0 Å². The van der Waals surface area contributed by atoms with E-state index in [0.29, 0.717) is 21.5 Å². The molecule has 2 aromatic carbocycles. The number of thiophene rings is 1. The number of ether oxygens (including phenoxy) is 3. The summed E-state index contributed by atoms with van der Waals surface area (Å²) >= 11 is 1.28. The van der Waals surface area contributed by atoms with Gasteiger partial charge in [0.15, 0.2) is 0 Å². The molecule has 10 nitrogen and oxygen atoms in total. The van der Waals surface area contributed by atoms with E-state index in [-0.39, 0.29) is 24.4 Å². The van der Waals surface area contributed by atoms with Crippen LogP contribution in [0.1, 0.15) is 5.56 Å². The van der Waals surface area contributed by atoms with Crippen LogP contribution in [0.4, 0.5) is 5.69 Å². The number of aromatic nitrogens is 2. The van der Waals surface area contributed by atoms with Crippen LogP contribution in [0.5, 0.6) is 11.5 Å². The van der Waals surface area contributed by atoms with Crippen LogP contribution in [-0.4, -0.2) is 34.7 Å². The molecule has 174 valence electrons. The average Bonchev–Trinajstić information content (AvgIpc) is 3.29. The Balaban J connectivity index is 1.50. The van der Waals surface area contributed by atoms with E-state index >= 15 is 0 Å². The summed E-state index contributed by atoms with van der Waals surface area (Å²) in [4.78, 5) is 40.9. The number of fused-ring (bicyclic) bond motifs is 1. The van der Waals surface area contributed by atoms with Gasteiger partial charge in [0.1, 0.15) is 29.4 Å². The quantitative estimate of drug-likeness (QED) is 0.212. The molecule has 0 aliphatic rings. The number of benzene rings is 2. The summed E-state index contributed by atoms with van der Waals surface area (Å²) in [5.74, 6) is 0.388. The molecule has 4 aromatic rings. The smallest absolute Gasteiger partial charge is 0.326 e. The van der Waals surface area contributed by atoms with Crippen molar-refractivity contribution in [3.63, 3.8) is 0 Å². The third kappa shape index (κ3) is 4.74. The number of non-ortho nitro benzene ring substituents is 1. The molecule has 0 amide bonds. The second-order valence-corrected chi connectivity index (χ2v) is 8.20. The van der Waals surface area contributed by atoms with Gasteiger partial charge in [-0.2, -0.15) is 0 Å². The fourth-order valence-electron chi connectivity index (χ4n) is 3.29. The molecule has 0 fully saturated rings. The van der Waals surface area contributed by atoms with Crippen LogP contribution < -0.4 is 15.0 Å². The van der Waals surface area contributed by atoms with Crippen molar-refractivity contribution in [2.75, 3.05) is 14.2 Å². The molecule has 0 saturated heterocycles. The van der Waals surface area contributed by atoms with Gasteiger partial charge in [-0.3, -0.25) is 24.3 Å². The Bertz CT molecular complexity index is 1430. The standard InChI is InChI=1S/C23H19N3O7S/c1-31-17-6-3-14(4-7-17)20-10-18-22(34-20)23(28)25(13-24-18)11-21(27)33-12-15-9-16(26(29)30)5-8-19(15)32-2/h3-10,13H,11-12H2,1-2H3. The van der Waals surface area contributed by atoms with Crippen LogP contribution in [-0.2, 0) is 22.7 Å². The second-order valence-electron chi connectivity index (χ2n) is 7.15. The molecule has 0 bridgehead atoms. The first-order valence-corrected chi connectivity index (χ1v) is 10.8. The van der Waals surface area contributed by atoms with E-state index in [4.69, 9.17) is 14.2 Å². The van der Waals surface area contributed by atoms with Gasteiger partial charge >= 0.3 is 5.97 Å². The Labute approximate surface area is 197 Å². The molecule has 0 atom stereocenters. The van der Waals surface area contributed by atoms with Crippen molar-refractivity contribution < 1.29 is 23.9 Å². The van der Waals surface area contributed by atoms with E-state index in [2.05, 4.69) is 4.98 Å². The van der Waals surface area contributed by atoms with Gasteiger partial charge in [0, 0.05) is 22.6 Å².